The number of carboxylic acid groups (broad SMARTS) is 1. The van der Waals surface area contributed by atoms with Crippen molar-refractivity contribution in [1.29, 1.82) is 0 Å². The zero-order valence-corrected chi connectivity index (χ0v) is 13.5. The van der Waals surface area contributed by atoms with Gasteiger partial charge in [-0.25, -0.2) is 0 Å². The Hall–Kier alpha value is -0.300. The Morgan fingerprint density at radius 3 is 2.44 bits per heavy atom. The quantitative estimate of drug-likeness (QED) is 0.295. The summed E-state index contributed by atoms with van der Waals surface area (Å²) in [5, 5.41) is 10.7. The standard InChI is InChI=1S/C11H13NO4S.Na/c1-5(13)4-6-8(14)12-7(10(15)16)11(2,3)17-9(6)12;/h4,7,9H,1-3H3,(H,15,16);/q;+1/p-1/b6-4+;/t7-,9+;/m0./s1. The molecule has 2 aliphatic rings. The number of amides is 1. The van der Waals surface area contributed by atoms with Crippen LogP contribution in [0.4, 0.5) is 0 Å². The van der Waals surface area contributed by atoms with E-state index in [0.29, 0.717) is 5.57 Å². The van der Waals surface area contributed by atoms with Gasteiger partial charge in [0.2, 0.25) is 0 Å². The Morgan fingerprint density at radius 2 is 2.00 bits per heavy atom. The molecule has 2 rings (SSSR count). The van der Waals surface area contributed by atoms with Crippen molar-refractivity contribution >= 4 is 29.4 Å². The van der Waals surface area contributed by atoms with Crippen LogP contribution in [0.25, 0.3) is 0 Å². The molecule has 0 aromatic heterocycles. The number of carboxylic acids is 1. The number of fused-ring (bicyclic) bond motifs is 1. The summed E-state index contributed by atoms with van der Waals surface area (Å²) in [6.45, 7) is 4.88. The molecule has 1 amide bonds. The van der Waals surface area contributed by atoms with Gasteiger partial charge in [-0.1, -0.05) is 0 Å². The van der Waals surface area contributed by atoms with Gasteiger partial charge in [-0.05, 0) is 26.8 Å². The van der Waals surface area contributed by atoms with E-state index >= 15 is 0 Å². The monoisotopic (exact) mass is 277 g/mol. The van der Waals surface area contributed by atoms with Crippen LogP contribution in [-0.4, -0.2) is 38.7 Å². The van der Waals surface area contributed by atoms with E-state index in [9.17, 15) is 19.5 Å². The predicted molar refractivity (Wildman–Crippen MR) is 59.9 cm³/mol. The third-order valence-electron chi connectivity index (χ3n) is 2.93. The summed E-state index contributed by atoms with van der Waals surface area (Å²) in [4.78, 5) is 35.1. The number of carbonyl (C=O) groups excluding carboxylic acids is 3. The number of rotatable bonds is 2. The number of thioether (sulfide) groups is 1. The van der Waals surface area contributed by atoms with E-state index in [1.54, 1.807) is 13.8 Å². The summed E-state index contributed by atoms with van der Waals surface area (Å²) in [7, 11) is 0. The van der Waals surface area contributed by atoms with Crippen molar-refractivity contribution in [3.05, 3.63) is 11.6 Å². The molecule has 0 saturated carbocycles. The maximum atomic E-state index is 11.8. The Kier molecular flexibility index (Phi) is 4.37. The minimum absolute atomic E-state index is 0. The van der Waals surface area contributed by atoms with E-state index in [2.05, 4.69) is 0 Å². The normalized spacial score (nSPS) is 30.5. The van der Waals surface area contributed by atoms with Crippen LogP contribution in [0.2, 0.25) is 0 Å². The van der Waals surface area contributed by atoms with Crippen LogP contribution in [0, 0.1) is 0 Å². The van der Waals surface area contributed by atoms with Crippen LogP contribution >= 0.6 is 11.8 Å². The zero-order valence-electron chi connectivity index (χ0n) is 10.7. The molecule has 0 aromatic carbocycles. The Morgan fingerprint density at radius 1 is 1.44 bits per heavy atom. The van der Waals surface area contributed by atoms with Crippen molar-refractivity contribution in [2.45, 2.75) is 36.9 Å². The molecule has 0 aliphatic carbocycles. The van der Waals surface area contributed by atoms with E-state index in [1.807, 2.05) is 0 Å². The second-order valence-corrected chi connectivity index (χ2v) is 6.45. The summed E-state index contributed by atoms with van der Waals surface area (Å²) in [6.07, 6.45) is 1.28. The van der Waals surface area contributed by atoms with E-state index in [-0.39, 0.29) is 46.6 Å². The van der Waals surface area contributed by atoms with Crippen LogP contribution in [0.5, 0.6) is 0 Å². The van der Waals surface area contributed by atoms with E-state index in [1.165, 1.54) is 29.7 Å². The van der Waals surface area contributed by atoms with Crippen LogP contribution < -0.4 is 34.7 Å². The molecule has 0 radical (unpaired) electrons. The predicted octanol–water partition coefficient (Wildman–Crippen LogP) is -3.68. The van der Waals surface area contributed by atoms with Crippen molar-refractivity contribution in [3.63, 3.8) is 0 Å². The van der Waals surface area contributed by atoms with Crippen LogP contribution in [0.1, 0.15) is 20.8 Å². The summed E-state index contributed by atoms with van der Waals surface area (Å²) in [5.74, 6) is -1.83. The van der Waals surface area contributed by atoms with Gasteiger partial charge in [-0.15, -0.1) is 11.8 Å². The summed E-state index contributed by atoms with van der Waals surface area (Å²) in [6, 6.07) is -0.936. The molecule has 18 heavy (non-hydrogen) atoms. The average molecular weight is 277 g/mol. The molecule has 0 bridgehead atoms. The van der Waals surface area contributed by atoms with Gasteiger partial charge in [0.05, 0.1) is 17.6 Å². The largest absolute Gasteiger partial charge is 1.00 e. The molecule has 92 valence electrons. The first kappa shape index (κ1) is 15.8. The molecule has 7 heteroatoms. The number of β-lactam (4-membered cyclic amide) rings is 1. The summed E-state index contributed by atoms with van der Waals surface area (Å²) >= 11 is 1.37. The van der Waals surface area contributed by atoms with Gasteiger partial charge in [-0.2, -0.15) is 0 Å². The molecule has 5 nitrogen and oxygen atoms in total. The second kappa shape index (κ2) is 5.00. The first-order valence-electron chi connectivity index (χ1n) is 5.19. The minimum Gasteiger partial charge on any atom is -0.548 e. The fourth-order valence-electron chi connectivity index (χ4n) is 2.25. The van der Waals surface area contributed by atoms with Gasteiger partial charge in [0.15, 0.2) is 5.78 Å². The number of hydrogen-bond acceptors (Lipinski definition) is 5. The van der Waals surface area contributed by atoms with E-state index in [4.69, 9.17) is 0 Å². The van der Waals surface area contributed by atoms with Crippen molar-refractivity contribution < 1.29 is 49.0 Å². The van der Waals surface area contributed by atoms with Crippen LogP contribution in [-0.2, 0) is 14.4 Å². The molecule has 2 saturated heterocycles. The third kappa shape index (κ3) is 2.27. The van der Waals surface area contributed by atoms with Crippen molar-refractivity contribution in [1.82, 2.24) is 4.90 Å². The van der Waals surface area contributed by atoms with Crippen molar-refractivity contribution in [2.75, 3.05) is 0 Å². The van der Waals surface area contributed by atoms with E-state index < -0.39 is 16.8 Å². The zero-order chi connectivity index (χ0) is 13.0. The number of hydrogen-bond donors (Lipinski definition) is 0. The topological polar surface area (TPSA) is 77.5 Å². The van der Waals surface area contributed by atoms with Gasteiger partial charge in [0.1, 0.15) is 5.37 Å². The van der Waals surface area contributed by atoms with Gasteiger partial charge in [0.25, 0.3) is 5.91 Å². The first-order valence-corrected chi connectivity index (χ1v) is 6.07. The van der Waals surface area contributed by atoms with Gasteiger partial charge >= 0.3 is 29.6 Å². The Balaban J connectivity index is 0.00000162. The summed E-state index contributed by atoms with van der Waals surface area (Å²) in [5.41, 5.74) is 0.388. The van der Waals surface area contributed by atoms with Crippen molar-refractivity contribution in [3.8, 4) is 0 Å². The molecule has 0 aromatic rings. The number of allylic oxidation sites excluding steroid dienone is 1. The van der Waals surface area contributed by atoms with Gasteiger partial charge in [-0.3, -0.25) is 9.59 Å². The molecular weight excluding hydrogens is 265 g/mol. The Labute approximate surface area is 131 Å². The maximum absolute atomic E-state index is 11.8. The van der Waals surface area contributed by atoms with Gasteiger partial charge < -0.3 is 14.8 Å². The molecule has 2 fully saturated rings. The first-order chi connectivity index (χ1) is 7.75. The Bertz CT molecular complexity index is 460. The smallest absolute Gasteiger partial charge is 0.548 e. The van der Waals surface area contributed by atoms with E-state index in [0.717, 1.165) is 0 Å². The summed E-state index contributed by atoms with van der Waals surface area (Å²) < 4.78 is -0.606. The third-order valence-corrected chi connectivity index (χ3v) is 4.47. The molecular formula is C11H12NNaO4S. The van der Waals surface area contributed by atoms with Crippen LogP contribution in [0.3, 0.4) is 0 Å². The fraction of sp³-hybridized carbons (Fsp3) is 0.545. The van der Waals surface area contributed by atoms with Crippen LogP contribution in [0.15, 0.2) is 11.6 Å². The second-order valence-electron chi connectivity index (χ2n) is 4.72. The maximum Gasteiger partial charge on any atom is 1.00 e. The molecule has 0 unspecified atom stereocenters. The number of nitrogens with zero attached hydrogens (tertiary/aromatic N) is 1. The van der Waals surface area contributed by atoms with Gasteiger partial charge in [0, 0.05) is 4.75 Å². The molecule has 2 atom stereocenters. The molecule has 0 N–H and O–H groups in total. The average Bonchev–Trinajstić information content (AvgIpc) is 2.43. The molecule has 0 spiro atoms. The minimum atomic E-state index is -1.25. The number of ketones is 1. The fourth-order valence-corrected chi connectivity index (χ4v) is 3.80. The molecule has 2 heterocycles. The SMILES string of the molecule is CC(=O)/C=C1\C(=O)N2[C@@H]1SC(C)(C)[C@@H]2C(=O)[O-].[Na+]. The van der Waals surface area contributed by atoms with Crippen molar-refractivity contribution in [2.24, 2.45) is 0 Å². The molecule has 2 aliphatic heterocycles. The number of carbonyl (C=O) groups is 3. The number of aliphatic carboxylic acids is 1.